The maximum atomic E-state index is 10.8. The Morgan fingerprint density at radius 2 is 2.27 bits per heavy atom. The van der Waals surface area contributed by atoms with Gasteiger partial charge in [0.15, 0.2) is 6.10 Å². The maximum Gasteiger partial charge on any atom is 0.337 e. The summed E-state index contributed by atoms with van der Waals surface area (Å²) in [4.78, 5) is 10.8. The third-order valence-corrected chi connectivity index (χ3v) is 1.80. The third kappa shape index (κ3) is 1.37. The van der Waals surface area contributed by atoms with Gasteiger partial charge in [-0.25, -0.2) is 4.79 Å². The summed E-state index contributed by atoms with van der Waals surface area (Å²) in [6.45, 7) is 3.56. The molecule has 0 bridgehead atoms. The third-order valence-electron chi connectivity index (χ3n) is 1.80. The van der Waals surface area contributed by atoms with Crippen LogP contribution in [0.3, 0.4) is 0 Å². The van der Waals surface area contributed by atoms with Crippen LogP contribution in [0.1, 0.15) is 26.7 Å². The summed E-state index contributed by atoms with van der Waals surface area (Å²) in [6, 6.07) is 0. The van der Waals surface area contributed by atoms with Gasteiger partial charge in [-0.15, -0.1) is 0 Å². The summed E-state index contributed by atoms with van der Waals surface area (Å²) in [5, 5.41) is 9.29. The smallest absolute Gasteiger partial charge is 0.337 e. The number of ether oxygens (including phenoxy) is 1. The van der Waals surface area contributed by atoms with E-state index >= 15 is 0 Å². The molecule has 62 valence electrons. The van der Waals surface area contributed by atoms with Gasteiger partial charge in [-0.3, -0.25) is 0 Å². The Bertz CT molecular complexity index is 205. The highest BCUT2D eigenvalue weighted by atomic mass is 16.6. The van der Waals surface area contributed by atoms with Crippen LogP contribution in [0.2, 0.25) is 0 Å². The van der Waals surface area contributed by atoms with Crippen LogP contribution in [0.25, 0.3) is 0 Å². The average Bonchev–Trinajstić information content (AvgIpc) is 2.19. The second-order valence-electron chi connectivity index (χ2n) is 2.69. The van der Waals surface area contributed by atoms with Crippen LogP contribution in [0.4, 0.5) is 0 Å². The zero-order chi connectivity index (χ0) is 8.43. The van der Waals surface area contributed by atoms with E-state index in [1.165, 1.54) is 0 Å². The highest BCUT2D eigenvalue weighted by molar-refractivity contribution is 5.90. The Balaban J connectivity index is 2.69. The average molecular weight is 156 g/mol. The molecule has 0 amide bonds. The standard InChI is InChI=1S/C8H12O3/c1-3-4-6-7(9)5(2)8(10)11-6/h6,9H,3-4H2,1-2H3/t6-/m1/s1. The first-order valence-corrected chi connectivity index (χ1v) is 3.77. The lowest BCUT2D eigenvalue weighted by atomic mass is 10.1. The van der Waals surface area contributed by atoms with Gasteiger partial charge in [-0.05, 0) is 13.3 Å². The molecular weight excluding hydrogens is 144 g/mol. The van der Waals surface area contributed by atoms with E-state index in [4.69, 9.17) is 4.74 Å². The van der Waals surface area contributed by atoms with Crippen molar-refractivity contribution in [2.75, 3.05) is 0 Å². The quantitative estimate of drug-likeness (QED) is 0.617. The molecule has 0 unspecified atom stereocenters. The SMILES string of the molecule is CCC[C@H]1OC(=O)C(C)=C1O. The molecule has 1 atom stereocenters. The monoisotopic (exact) mass is 156 g/mol. The first kappa shape index (κ1) is 8.11. The summed E-state index contributed by atoms with van der Waals surface area (Å²) in [7, 11) is 0. The van der Waals surface area contributed by atoms with Gasteiger partial charge in [0.25, 0.3) is 0 Å². The molecule has 0 fully saturated rings. The number of aliphatic hydroxyl groups is 1. The van der Waals surface area contributed by atoms with E-state index < -0.39 is 0 Å². The minimum Gasteiger partial charge on any atom is -0.508 e. The fourth-order valence-corrected chi connectivity index (χ4v) is 1.08. The molecule has 0 aromatic carbocycles. The fourth-order valence-electron chi connectivity index (χ4n) is 1.08. The van der Waals surface area contributed by atoms with Crippen molar-refractivity contribution in [1.82, 2.24) is 0 Å². The molecule has 0 aliphatic carbocycles. The molecule has 1 aliphatic rings. The highest BCUT2D eigenvalue weighted by Crippen LogP contribution is 2.22. The van der Waals surface area contributed by atoms with Crippen molar-refractivity contribution in [2.24, 2.45) is 0 Å². The topological polar surface area (TPSA) is 46.5 Å². The predicted octanol–water partition coefficient (Wildman–Crippen LogP) is 1.54. The zero-order valence-electron chi connectivity index (χ0n) is 6.76. The molecule has 0 aromatic rings. The number of hydrogen-bond donors (Lipinski definition) is 1. The lowest BCUT2D eigenvalue weighted by Gasteiger charge is -2.07. The van der Waals surface area contributed by atoms with Crippen molar-refractivity contribution in [3.63, 3.8) is 0 Å². The Labute approximate surface area is 65.7 Å². The van der Waals surface area contributed by atoms with E-state index in [-0.39, 0.29) is 17.8 Å². The molecule has 1 aliphatic heterocycles. The van der Waals surface area contributed by atoms with Gasteiger partial charge >= 0.3 is 5.97 Å². The van der Waals surface area contributed by atoms with Gasteiger partial charge in [0.1, 0.15) is 5.76 Å². The van der Waals surface area contributed by atoms with Gasteiger partial charge in [0, 0.05) is 0 Å². The number of carbonyl (C=O) groups is 1. The van der Waals surface area contributed by atoms with Gasteiger partial charge in [0.05, 0.1) is 5.57 Å². The second-order valence-corrected chi connectivity index (χ2v) is 2.69. The second kappa shape index (κ2) is 2.95. The molecule has 0 saturated carbocycles. The molecule has 0 saturated heterocycles. The molecule has 3 heteroatoms. The minimum atomic E-state index is -0.388. The lowest BCUT2D eigenvalue weighted by molar-refractivity contribution is -0.140. The number of hydrogen-bond acceptors (Lipinski definition) is 3. The summed E-state index contributed by atoms with van der Waals surface area (Å²) < 4.78 is 4.86. The van der Waals surface area contributed by atoms with Crippen LogP contribution in [0, 0.1) is 0 Å². The Hall–Kier alpha value is -0.990. The number of carbonyl (C=O) groups excluding carboxylic acids is 1. The molecule has 1 rings (SSSR count). The summed E-state index contributed by atoms with van der Waals surface area (Å²) in [6.07, 6.45) is 1.22. The predicted molar refractivity (Wildman–Crippen MR) is 40.1 cm³/mol. The highest BCUT2D eigenvalue weighted by Gasteiger charge is 2.30. The number of rotatable bonds is 2. The van der Waals surface area contributed by atoms with Crippen LogP contribution in [-0.2, 0) is 9.53 Å². The van der Waals surface area contributed by atoms with Crippen molar-refractivity contribution in [3.05, 3.63) is 11.3 Å². The Morgan fingerprint density at radius 3 is 2.64 bits per heavy atom. The molecule has 0 radical (unpaired) electrons. The lowest BCUT2D eigenvalue weighted by Crippen LogP contribution is -2.10. The molecule has 11 heavy (non-hydrogen) atoms. The van der Waals surface area contributed by atoms with Crippen molar-refractivity contribution >= 4 is 5.97 Å². The number of esters is 1. The van der Waals surface area contributed by atoms with Crippen LogP contribution in [0.5, 0.6) is 0 Å². The number of aliphatic hydroxyl groups excluding tert-OH is 1. The van der Waals surface area contributed by atoms with Gasteiger partial charge < -0.3 is 9.84 Å². The zero-order valence-corrected chi connectivity index (χ0v) is 6.76. The van der Waals surface area contributed by atoms with Crippen LogP contribution < -0.4 is 0 Å². The van der Waals surface area contributed by atoms with E-state index in [1.807, 2.05) is 6.92 Å². The largest absolute Gasteiger partial charge is 0.508 e. The maximum absolute atomic E-state index is 10.8. The molecule has 0 spiro atoms. The van der Waals surface area contributed by atoms with E-state index in [1.54, 1.807) is 6.92 Å². The van der Waals surface area contributed by atoms with Crippen LogP contribution in [0.15, 0.2) is 11.3 Å². The first-order valence-electron chi connectivity index (χ1n) is 3.77. The minimum absolute atomic E-state index is 0.108. The normalized spacial score (nSPS) is 24.2. The molecule has 1 heterocycles. The van der Waals surface area contributed by atoms with E-state index in [0.29, 0.717) is 12.0 Å². The van der Waals surface area contributed by atoms with Crippen molar-refractivity contribution in [1.29, 1.82) is 0 Å². The van der Waals surface area contributed by atoms with E-state index in [0.717, 1.165) is 6.42 Å². The first-order chi connectivity index (χ1) is 5.16. The van der Waals surface area contributed by atoms with Gasteiger partial charge in [-0.1, -0.05) is 13.3 Å². The van der Waals surface area contributed by atoms with E-state index in [9.17, 15) is 9.90 Å². The van der Waals surface area contributed by atoms with Crippen LogP contribution in [-0.4, -0.2) is 17.2 Å². The van der Waals surface area contributed by atoms with Gasteiger partial charge in [-0.2, -0.15) is 0 Å². The van der Waals surface area contributed by atoms with Crippen molar-refractivity contribution in [2.45, 2.75) is 32.8 Å². The summed E-state index contributed by atoms with van der Waals surface area (Å²) in [5.74, 6) is -0.280. The number of cyclic esters (lactones) is 1. The Kier molecular flexibility index (Phi) is 2.17. The molecule has 3 nitrogen and oxygen atoms in total. The fraction of sp³-hybridized carbons (Fsp3) is 0.625. The van der Waals surface area contributed by atoms with E-state index in [2.05, 4.69) is 0 Å². The summed E-state index contributed by atoms with van der Waals surface area (Å²) in [5.41, 5.74) is 0.350. The molecule has 0 aromatic heterocycles. The van der Waals surface area contributed by atoms with Crippen molar-refractivity contribution in [3.8, 4) is 0 Å². The molecule has 1 N–H and O–H groups in total. The van der Waals surface area contributed by atoms with Crippen molar-refractivity contribution < 1.29 is 14.6 Å². The van der Waals surface area contributed by atoms with Crippen LogP contribution >= 0.6 is 0 Å². The Morgan fingerprint density at radius 1 is 1.64 bits per heavy atom. The molecular formula is C8H12O3. The van der Waals surface area contributed by atoms with Gasteiger partial charge in [0.2, 0.25) is 0 Å². The summed E-state index contributed by atoms with van der Waals surface area (Å²) >= 11 is 0.